The number of aromatic nitrogens is 1. The fourth-order valence-electron chi connectivity index (χ4n) is 3.69. The van der Waals surface area contributed by atoms with Gasteiger partial charge in [0.05, 0.1) is 6.54 Å². The van der Waals surface area contributed by atoms with Crippen molar-refractivity contribution in [2.24, 2.45) is 0 Å². The molecule has 2 aliphatic rings. The third-order valence-electron chi connectivity index (χ3n) is 4.84. The molecule has 1 aromatic rings. The minimum atomic E-state index is 0.404. The Balaban J connectivity index is 1.70. The van der Waals surface area contributed by atoms with E-state index in [4.69, 9.17) is 0 Å². The zero-order valence-corrected chi connectivity index (χ0v) is 12.7. The number of piperazine rings is 1. The van der Waals surface area contributed by atoms with Gasteiger partial charge in [0.15, 0.2) is 0 Å². The average Bonchev–Trinajstić information content (AvgIpc) is 2.93. The maximum atomic E-state index is 4.47. The lowest BCUT2D eigenvalue weighted by atomic mass is 9.79. The first-order valence-electron chi connectivity index (χ1n) is 7.69. The van der Waals surface area contributed by atoms with Gasteiger partial charge in [-0.25, -0.2) is 4.98 Å². The normalized spacial score (nSPS) is 27.7. The van der Waals surface area contributed by atoms with E-state index in [9.17, 15) is 0 Å². The molecule has 2 heterocycles. The smallest absolute Gasteiger partial charge is 0.107 e. The lowest BCUT2D eigenvalue weighted by Crippen LogP contribution is -2.64. The lowest BCUT2D eigenvalue weighted by molar-refractivity contribution is 0.0484. The van der Waals surface area contributed by atoms with Crippen LogP contribution in [-0.4, -0.2) is 34.6 Å². The van der Waals surface area contributed by atoms with Crippen molar-refractivity contribution >= 4 is 11.3 Å². The summed E-state index contributed by atoms with van der Waals surface area (Å²) in [6.07, 6.45) is 10.1. The van der Waals surface area contributed by atoms with E-state index in [1.54, 1.807) is 11.3 Å². The van der Waals surface area contributed by atoms with Gasteiger partial charge in [-0.3, -0.25) is 4.90 Å². The lowest BCUT2D eigenvalue weighted by Gasteiger charge is -2.49. The first-order valence-corrected chi connectivity index (χ1v) is 8.57. The van der Waals surface area contributed by atoms with E-state index in [1.807, 2.05) is 6.20 Å². The Labute approximate surface area is 120 Å². The Bertz CT molecular complexity index is 384. The number of hydrogen-bond donors (Lipinski definition) is 1. The predicted octanol–water partition coefficient (Wildman–Crippen LogP) is 3.03. The highest BCUT2D eigenvalue weighted by molar-refractivity contribution is 7.09. The monoisotopic (exact) mass is 279 g/mol. The van der Waals surface area contributed by atoms with Crippen molar-refractivity contribution in [3.63, 3.8) is 0 Å². The SMILES string of the molecule is CCC1CNC2(CCCCC2)CN1Cc1nccs1. The van der Waals surface area contributed by atoms with Gasteiger partial charge in [0.25, 0.3) is 0 Å². The zero-order chi connectivity index (χ0) is 13.1. The van der Waals surface area contributed by atoms with Gasteiger partial charge in [-0.05, 0) is 19.3 Å². The molecule has 1 atom stereocenters. The first kappa shape index (κ1) is 13.5. The van der Waals surface area contributed by atoms with E-state index in [0.29, 0.717) is 11.6 Å². The van der Waals surface area contributed by atoms with Crippen LogP contribution in [0.4, 0.5) is 0 Å². The highest BCUT2D eigenvalue weighted by atomic mass is 32.1. The van der Waals surface area contributed by atoms with Crippen LogP contribution in [0, 0.1) is 0 Å². The molecule has 4 heteroatoms. The molecule has 0 aromatic carbocycles. The second-order valence-corrected chi connectivity index (χ2v) is 7.09. The third kappa shape index (κ3) is 3.01. The van der Waals surface area contributed by atoms with Crippen molar-refractivity contribution in [2.45, 2.75) is 63.6 Å². The topological polar surface area (TPSA) is 28.2 Å². The summed E-state index contributed by atoms with van der Waals surface area (Å²) < 4.78 is 0. The summed E-state index contributed by atoms with van der Waals surface area (Å²) in [5.74, 6) is 0. The fraction of sp³-hybridized carbons (Fsp3) is 0.800. The van der Waals surface area contributed by atoms with E-state index >= 15 is 0 Å². The number of rotatable bonds is 3. The van der Waals surface area contributed by atoms with Crippen molar-refractivity contribution in [3.05, 3.63) is 16.6 Å². The van der Waals surface area contributed by atoms with Crippen LogP contribution in [0.1, 0.15) is 50.5 Å². The largest absolute Gasteiger partial charge is 0.308 e. The molecule has 0 bridgehead atoms. The molecule has 1 saturated carbocycles. The van der Waals surface area contributed by atoms with Crippen LogP contribution < -0.4 is 5.32 Å². The molecule has 1 unspecified atom stereocenters. The van der Waals surface area contributed by atoms with Crippen LogP contribution in [0.5, 0.6) is 0 Å². The summed E-state index contributed by atoms with van der Waals surface area (Å²) >= 11 is 1.79. The van der Waals surface area contributed by atoms with Gasteiger partial charge in [-0.1, -0.05) is 26.2 Å². The molecule has 3 nitrogen and oxygen atoms in total. The van der Waals surface area contributed by atoms with Crippen molar-refractivity contribution in [3.8, 4) is 0 Å². The van der Waals surface area contributed by atoms with Crippen molar-refractivity contribution in [1.82, 2.24) is 15.2 Å². The quantitative estimate of drug-likeness (QED) is 0.922. The van der Waals surface area contributed by atoms with Crippen LogP contribution in [-0.2, 0) is 6.54 Å². The van der Waals surface area contributed by atoms with Crippen LogP contribution in [0.25, 0.3) is 0 Å². The summed E-state index contributed by atoms with van der Waals surface area (Å²) in [6, 6.07) is 0.677. The Morgan fingerprint density at radius 2 is 2.26 bits per heavy atom. The summed E-state index contributed by atoms with van der Waals surface area (Å²) in [7, 11) is 0. The molecule has 1 spiro atoms. The van der Waals surface area contributed by atoms with E-state index < -0.39 is 0 Å². The van der Waals surface area contributed by atoms with Crippen LogP contribution in [0.2, 0.25) is 0 Å². The minimum absolute atomic E-state index is 0.404. The number of nitrogens with one attached hydrogen (secondary N) is 1. The standard InChI is InChI=1S/C15H25N3S/c1-2-13-10-17-15(6-4-3-5-7-15)12-18(13)11-14-16-8-9-19-14/h8-9,13,17H,2-7,10-12H2,1H3. The number of nitrogens with zero attached hydrogens (tertiary/aromatic N) is 2. The van der Waals surface area contributed by atoms with Gasteiger partial charge in [0.1, 0.15) is 5.01 Å². The minimum Gasteiger partial charge on any atom is -0.308 e. The molecular formula is C15H25N3S. The van der Waals surface area contributed by atoms with E-state index in [-0.39, 0.29) is 0 Å². The van der Waals surface area contributed by atoms with Crippen LogP contribution in [0.15, 0.2) is 11.6 Å². The molecule has 1 aliphatic heterocycles. The summed E-state index contributed by atoms with van der Waals surface area (Å²) in [5.41, 5.74) is 0.404. The van der Waals surface area contributed by atoms with E-state index in [1.165, 1.54) is 50.1 Å². The van der Waals surface area contributed by atoms with Crippen molar-refractivity contribution in [2.75, 3.05) is 13.1 Å². The zero-order valence-electron chi connectivity index (χ0n) is 11.9. The van der Waals surface area contributed by atoms with Crippen LogP contribution >= 0.6 is 11.3 Å². The second kappa shape index (κ2) is 5.90. The molecule has 1 aromatic heterocycles. The molecule has 106 valence electrons. The van der Waals surface area contributed by atoms with E-state index in [2.05, 4.69) is 27.5 Å². The first-order chi connectivity index (χ1) is 9.31. The Kier molecular flexibility index (Phi) is 4.20. The Hall–Kier alpha value is -0.450. The summed E-state index contributed by atoms with van der Waals surface area (Å²) in [4.78, 5) is 7.15. The fourth-order valence-corrected chi connectivity index (χ4v) is 4.33. The molecule has 1 aliphatic carbocycles. The Morgan fingerprint density at radius 1 is 1.42 bits per heavy atom. The molecule has 2 fully saturated rings. The highest BCUT2D eigenvalue weighted by Gasteiger charge is 2.39. The van der Waals surface area contributed by atoms with Crippen molar-refractivity contribution < 1.29 is 0 Å². The number of thiazole rings is 1. The second-order valence-electron chi connectivity index (χ2n) is 6.11. The molecule has 19 heavy (non-hydrogen) atoms. The molecule has 0 radical (unpaired) electrons. The number of hydrogen-bond acceptors (Lipinski definition) is 4. The highest BCUT2D eigenvalue weighted by Crippen LogP contribution is 2.33. The third-order valence-corrected chi connectivity index (χ3v) is 5.60. The average molecular weight is 279 g/mol. The molecule has 3 rings (SSSR count). The van der Waals surface area contributed by atoms with Gasteiger partial charge in [-0.2, -0.15) is 0 Å². The van der Waals surface area contributed by atoms with Crippen LogP contribution in [0.3, 0.4) is 0 Å². The predicted molar refractivity (Wildman–Crippen MR) is 80.4 cm³/mol. The van der Waals surface area contributed by atoms with Gasteiger partial charge in [0.2, 0.25) is 0 Å². The van der Waals surface area contributed by atoms with Gasteiger partial charge in [-0.15, -0.1) is 11.3 Å². The summed E-state index contributed by atoms with van der Waals surface area (Å²) in [6.45, 7) is 5.71. The molecule has 1 N–H and O–H groups in total. The molecule has 0 amide bonds. The molecular weight excluding hydrogens is 254 g/mol. The van der Waals surface area contributed by atoms with E-state index in [0.717, 1.165) is 13.1 Å². The molecule has 1 saturated heterocycles. The maximum Gasteiger partial charge on any atom is 0.107 e. The van der Waals surface area contributed by atoms with Crippen molar-refractivity contribution in [1.29, 1.82) is 0 Å². The van der Waals surface area contributed by atoms with Gasteiger partial charge in [0, 0.05) is 36.2 Å². The Morgan fingerprint density at radius 3 is 2.95 bits per heavy atom. The van der Waals surface area contributed by atoms with Gasteiger partial charge < -0.3 is 5.32 Å². The van der Waals surface area contributed by atoms with Gasteiger partial charge >= 0.3 is 0 Å². The summed E-state index contributed by atoms with van der Waals surface area (Å²) in [5, 5.41) is 7.25. The maximum absolute atomic E-state index is 4.47.